The zero-order valence-electron chi connectivity index (χ0n) is 26.3. The molecule has 0 unspecified atom stereocenters. The number of aryl methyl sites for hydroxylation is 1. The number of rotatable bonds is 13. The molecule has 0 bridgehead atoms. The number of nitrogens with one attached hydrogen (secondary N) is 2. The molecular formula is C31H38F2N8O3S2. The van der Waals surface area contributed by atoms with Crippen LogP contribution in [0.2, 0.25) is 0 Å². The average molecular weight is 673 g/mol. The van der Waals surface area contributed by atoms with E-state index in [2.05, 4.69) is 44.3 Å². The van der Waals surface area contributed by atoms with E-state index in [1.165, 1.54) is 23.9 Å². The number of aromatic nitrogens is 4. The lowest BCUT2D eigenvalue weighted by molar-refractivity contribution is 0.228. The van der Waals surface area contributed by atoms with Crippen molar-refractivity contribution in [3.05, 3.63) is 71.4 Å². The number of hydrogen-bond acceptors (Lipinski definition) is 11. The van der Waals surface area contributed by atoms with Crippen LogP contribution in [0.25, 0.3) is 0 Å². The summed E-state index contributed by atoms with van der Waals surface area (Å²) in [6.45, 7) is 9.47. The molecule has 2 N–H and O–H groups in total. The van der Waals surface area contributed by atoms with Crippen LogP contribution in [0.4, 0.5) is 26.2 Å². The first-order valence-electron chi connectivity index (χ1n) is 14.9. The van der Waals surface area contributed by atoms with E-state index in [1.54, 1.807) is 12.1 Å². The largest absolute Gasteiger partial charge is 0.487 e. The summed E-state index contributed by atoms with van der Waals surface area (Å²) in [5, 5.41) is 10.9. The number of hydrogen-bond donors (Lipinski definition) is 2. The van der Waals surface area contributed by atoms with Crippen molar-refractivity contribution in [3.8, 4) is 5.75 Å². The highest BCUT2D eigenvalue weighted by Gasteiger charge is 2.26. The van der Waals surface area contributed by atoms with Gasteiger partial charge in [0.05, 0.1) is 17.3 Å². The van der Waals surface area contributed by atoms with E-state index in [1.807, 2.05) is 19.9 Å². The predicted molar refractivity (Wildman–Crippen MR) is 175 cm³/mol. The second-order valence-corrected chi connectivity index (χ2v) is 14.2. The molecule has 0 amide bonds. The third-order valence-electron chi connectivity index (χ3n) is 7.35. The van der Waals surface area contributed by atoms with Gasteiger partial charge in [0.15, 0.2) is 32.4 Å². The summed E-state index contributed by atoms with van der Waals surface area (Å²) in [6.07, 6.45) is 0. The Morgan fingerprint density at radius 2 is 1.78 bits per heavy atom. The van der Waals surface area contributed by atoms with Gasteiger partial charge in [-0.15, -0.1) is 0 Å². The molecule has 1 aliphatic rings. The van der Waals surface area contributed by atoms with E-state index in [4.69, 9.17) is 14.7 Å². The van der Waals surface area contributed by atoms with Crippen molar-refractivity contribution < 1.29 is 21.9 Å². The lowest BCUT2D eigenvalue weighted by Crippen LogP contribution is -2.48. The highest BCUT2D eigenvalue weighted by atomic mass is 32.2. The Morgan fingerprint density at radius 1 is 1.04 bits per heavy atom. The van der Waals surface area contributed by atoms with Gasteiger partial charge in [-0.05, 0) is 82.2 Å². The molecule has 3 heterocycles. The fourth-order valence-corrected chi connectivity index (χ4v) is 7.03. The lowest BCUT2D eigenvalue weighted by Gasteiger charge is -2.36. The van der Waals surface area contributed by atoms with Crippen molar-refractivity contribution in [3.63, 3.8) is 0 Å². The van der Waals surface area contributed by atoms with Gasteiger partial charge in [0, 0.05) is 61.5 Å². The van der Waals surface area contributed by atoms with Gasteiger partial charge in [-0.3, -0.25) is 10.00 Å². The smallest absolute Gasteiger partial charge is 0.205 e. The Labute approximate surface area is 272 Å². The minimum absolute atomic E-state index is 0.00259. The first-order valence-corrected chi connectivity index (χ1v) is 17.4. The van der Waals surface area contributed by atoms with Gasteiger partial charge < -0.3 is 19.9 Å². The van der Waals surface area contributed by atoms with Crippen molar-refractivity contribution in [2.75, 3.05) is 70.2 Å². The molecule has 246 valence electrons. The second kappa shape index (κ2) is 14.8. The van der Waals surface area contributed by atoms with E-state index >= 15 is 0 Å². The highest BCUT2D eigenvalue weighted by Crippen LogP contribution is 2.39. The maximum absolute atomic E-state index is 14.1. The van der Waals surface area contributed by atoms with Gasteiger partial charge in [0.2, 0.25) is 5.75 Å². The number of anilines is 3. The number of likely N-dealkylation sites (N-methyl/N-ethyl adjacent to an activating group) is 1. The number of ether oxygens (including phenoxy) is 1. The number of nitrogens with zero attached hydrogens (tertiary/aromatic N) is 6. The third-order valence-corrected chi connectivity index (χ3v) is 9.90. The Kier molecular flexibility index (Phi) is 10.8. The van der Waals surface area contributed by atoms with E-state index in [0.29, 0.717) is 39.9 Å². The number of halogens is 2. The van der Waals surface area contributed by atoms with E-state index in [0.717, 1.165) is 63.2 Å². The summed E-state index contributed by atoms with van der Waals surface area (Å²) in [5.41, 5.74) is 0.660. The normalized spacial score (nSPS) is 14.2. The van der Waals surface area contributed by atoms with Gasteiger partial charge >= 0.3 is 0 Å². The van der Waals surface area contributed by atoms with Crippen molar-refractivity contribution in [2.45, 2.75) is 34.5 Å². The van der Waals surface area contributed by atoms with Gasteiger partial charge in [0.1, 0.15) is 11.6 Å². The molecule has 46 heavy (non-hydrogen) atoms. The number of piperazine rings is 1. The minimum atomic E-state index is -3.93. The van der Waals surface area contributed by atoms with Crippen molar-refractivity contribution >= 4 is 39.1 Å². The van der Waals surface area contributed by atoms with Crippen molar-refractivity contribution in [1.82, 2.24) is 30.0 Å². The molecule has 4 aromatic rings. The summed E-state index contributed by atoms with van der Waals surface area (Å²) < 4.78 is 59.9. The molecule has 5 rings (SSSR count). The van der Waals surface area contributed by atoms with Crippen molar-refractivity contribution in [1.29, 1.82) is 0 Å². The molecule has 15 heteroatoms. The summed E-state index contributed by atoms with van der Waals surface area (Å²) in [5.74, 6) is 0.112. The zero-order valence-corrected chi connectivity index (χ0v) is 27.9. The maximum Gasteiger partial charge on any atom is 0.205 e. The van der Waals surface area contributed by atoms with Crippen LogP contribution < -0.4 is 15.0 Å². The molecule has 11 nitrogen and oxygen atoms in total. The van der Waals surface area contributed by atoms with Gasteiger partial charge in [-0.2, -0.15) is 5.10 Å². The molecule has 1 aliphatic heterocycles. The first-order chi connectivity index (χ1) is 22.0. The fourth-order valence-electron chi connectivity index (χ4n) is 4.93. The Morgan fingerprint density at radius 3 is 2.43 bits per heavy atom. The van der Waals surface area contributed by atoms with Crippen LogP contribution in [-0.4, -0.2) is 98.4 Å². The van der Waals surface area contributed by atoms with E-state index in [9.17, 15) is 17.2 Å². The number of H-pyrrole nitrogens is 1. The monoisotopic (exact) mass is 672 g/mol. The Bertz CT molecular complexity index is 1750. The zero-order chi connectivity index (χ0) is 32.8. The molecule has 0 saturated carbocycles. The van der Waals surface area contributed by atoms with Crippen LogP contribution in [0.1, 0.15) is 18.2 Å². The molecule has 0 atom stereocenters. The van der Waals surface area contributed by atoms with Crippen LogP contribution >= 0.6 is 11.8 Å². The fraction of sp³-hybridized carbons (Fsp3) is 0.387. The summed E-state index contributed by atoms with van der Waals surface area (Å²) >= 11 is 1.27. The van der Waals surface area contributed by atoms with Crippen LogP contribution in [0.5, 0.6) is 5.75 Å². The molecule has 2 aromatic carbocycles. The minimum Gasteiger partial charge on any atom is -0.487 e. The quantitative estimate of drug-likeness (QED) is 0.192. The predicted octanol–water partition coefficient (Wildman–Crippen LogP) is 4.74. The molecule has 2 aromatic heterocycles. The number of sulfone groups is 1. The Hall–Kier alpha value is -3.79. The second-order valence-electron chi connectivity index (χ2n) is 11.2. The van der Waals surface area contributed by atoms with Crippen LogP contribution in [0, 0.1) is 18.6 Å². The Balaban J connectivity index is 1.41. The van der Waals surface area contributed by atoms with Crippen LogP contribution in [-0.2, 0) is 15.6 Å². The summed E-state index contributed by atoms with van der Waals surface area (Å²) in [4.78, 5) is 17.2. The SMILES string of the molecule is CCOc1c(Nc2cc(C)[nH]n2)nc(Sc2ccc(S(=O)(=O)Cc3cc(F)ccc3F)cc2)nc1N1CCN(CCN(C)C)CC1. The van der Waals surface area contributed by atoms with Gasteiger partial charge in [-0.25, -0.2) is 27.2 Å². The maximum atomic E-state index is 14.1. The molecule has 1 fully saturated rings. The third kappa shape index (κ3) is 8.51. The topological polar surface area (TPSA) is 120 Å². The number of aromatic amines is 1. The number of benzene rings is 2. The standard InChI is InChI=1S/C31H38F2N8O3S2/c1-5-44-28-29(34-27-18-21(2)37-38-27)35-31(36-30(28)41-16-14-40(15-17-41)13-12-39(3)4)45-24-7-9-25(10-8-24)46(42,43)20-22-19-23(32)6-11-26(22)33/h6-11,18-19H,5,12-17,20H2,1-4H3,(H2,34,35,36,37,38). The summed E-state index contributed by atoms with van der Waals surface area (Å²) in [7, 11) is 0.215. The van der Waals surface area contributed by atoms with Crippen molar-refractivity contribution in [2.24, 2.45) is 0 Å². The van der Waals surface area contributed by atoms with Crippen LogP contribution in [0.3, 0.4) is 0 Å². The van der Waals surface area contributed by atoms with Gasteiger partial charge in [-0.1, -0.05) is 0 Å². The molecule has 0 aliphatic carbocycles. The molecule has 1 saturated heterocycles. The van der Waals surface area contributed by atoms with Crippen LogP contribution in [0.15, 0.2) is 63.5 Å². The lowest BCUT2D eigenvalue weighted by atomic mass is 10.2. The van der Waals surface area contributed by atoms with Gasteiger partial charge in [0.25, 0.3) is 0 Å². The van der Waals surface area contributed by atoms with E-state index < -0.39 is 27.2 Å². The average Bonchev–Trinajstić information content (AvgIpc) is 3.43. The highest BCUT2D eigenvalue weighted by molar-refractivity contribution is 7.99. The first kappa shape index (κ1) is 33.6. The molecule has 0 spiro atoms. The van der Waals surface area contributed by atoms with E-state index in [-0.39, 0.29) is 10.5 Å². The molecule has 0 radical (unpaired) electrons. The summed E-state index contributed by atoms with van der Waals surface area (Å²) in [6, 6.07) is 10.8. The molecular weight excluding hydrogens is 635 g/mol.